The molecule has 0 aliphatic carbocycles. The molecule has 15 heavy (non-hydrogen) atoms. The molecule has 92 valence electrons. The Bertz CT molecular complexity index is 227. The maximum atomic E-state index is 10.9. The van der Waals surface area contributed by atoms with Crippen molar-refractivity contribution in [3.05, 3.63) is 0 Å². The minimum Gasteiger partial charge on any atom is -0.397 e. The van der Waals surface area contributed by atoms with Crippen molar-refractivity contribution in [1.29, 1.82) is 0 Å². The zero-order valence-corrected chi connectivity index (χ0v) is 11.7. The van der Waals surface area contributed by atoms with Gasteiger partial charge < -0.3 is 18.6 Å². The van der Waals surface area contributed by atoms with Crippen LogP contribution in [0, 0.1) is 0 Å². The molecule has 5 nitrogen and oxygen atoms in total. The Morgan fingerprint density at radius 2 is 1.80 bits per heavy atom. The first-order chi connectivity index (χ1) is 6.76. The highest BCUT2D eigenvalue weighted by molar-refractivity contribution is 7.54. The summed E-state index contributed by atoms with van der Waals surface area (Å²) < 4.78 is 21.8. The molecule has 0 radical (unpaired) electrons. The van der Waals surface area contributed by atoms with E-state index in [0.717, 1.165) is 12.8 Å². The van der Waals surface area contributed by atoms with Crippen molar-refractivity contribution in [3.8, 4) is 0 Å². The van der Waals surface area contributed by atoms with Gasteiger partial charge in [-0.2, -0.15) is 0 Å². The van der Waals surface area contributed by atoms with Gasteiger partial charge in [-0.3, -0.25) is 4.57 Å². The van der Waals surface area contributed by atoms with Crippen LogP contribution < -0.4 is 0 Å². The Hall–Kier alpha value is 0.287. The monoisotopic (exact) mass is 256 g/mol. The van der Waals surface area contributed by atoms with Gasteiger partial charge in [-0.25, -0.2) is 0 Å². The second kappa shape index (κ2) is 6.13. The molecule has 0 rings (SSSR count). The minimum atomic E-state index is -4.07. The van der Waals surface area contributed by atoms with E-state index in [-0.39, 0.29) is 11.9 Å². The predicted octanol–water partition coefficient (Wildman–Crippen LogP) is 1.63. The fourth-order valence-corrected chi connectivity index (χ4v) is 6.27. The van der Waals surface area contributed by atoms with E-state index in [1.165, 1.54) is 7.11 Å². The standard InChI is InChI=1S/C8H21O5PSi/c1-5-8(6-2)13-15(4,12-3)7-14(9,10)11/h8H,5-7H2,1-4H3,(H2,9,10,11). The van der Waals surface area contributed by atoms with Crippen molar-refractivity contribution in [2.24, 2.45) is 0 Å². The Kier molecular flexibility index (Phi) is 6.25. The fraction of sp³-hybridized carbons (Fsp3) is 1.00. The van der Waals surface area contributed by atoms with Crippen molar-refractivity contribution >= 4 is 16.2 Å². The molecule has 0 saturated carbocycles. The second-order valence-corrected chi connectivity index (χ2v) is 9.22. The van der Waals surface area contributed by atoms with Crippen molar-refractivity contribution < 1.29 is 23.2 Å². The van der Waals surface area contributed by atoms with Crippen molar-refractivity contribution in [2.45, 2.75) is 39.3 Å². The van der Waals surface area contributed by atoms with Crippen LogP contribution in [-0.4, -0.2) is 37.3 Å². The molecule has 1 unspecified atom stereocenters. The van der Waals surface area contributed by atoms with Gasteiger partial charge in [0.1, 0.15) is 0 Å². The Morgan fingerprint density at radius 3 is 2.07 bits per heavy atom. The highest BCUT2D eigenvalue weighted by atomic mass is 31.2. The van der Waals surface area contributed by atoms with Crippen LogP contribution in [0.25, 0.3) is 0 Å². The molecule has 0 heterocycles. The van der Waals surface area contributed by atoms with Crippen LogP contribution in [0.4, 0.5) is 0 Å². The van der Waals surface area contributed by atoms with Gasteiger partial charge in [0.15, 0.2) is 0 Å². The van der Waals surface area contributed by atoms with Crippen LogP contribution in [0.15, 0.2) is 0 Å². The first-order valence-electron chi connectivity index (χ1n) is 5.04. The highest BCUT2D eigenvalue weighted by Gasteiger charge is 2.39. The number of hydrogen-bond donors (Lipinski definition) is 2. The Labute approximate surface area is 92.2 Å². The minimum absolute atomic E-state index is 0.0215. The second-order valence-electron chi connectivity index (χ2n) is 3.72. The Morgan fingerprint density at radius 1 is 1.33 bits per heavy atom. The third-order valence-corrected chi connectivity index (χ3v) is 7.89. The molecule has 0 aromatic rings. The smallest absolute Gasteiger partial charge is 0.347 e. The molecule has 0 aliphatic rings. The van der Waals surface area contributed by atoms with Gasteiger partial charge in [0.05, 0.1) is 5.79 Å². The summed E-state index contributed by atoms with van der Waals surface area (Å²) in [7, 11) is -5.35. The fourth-order valence-electron chi connectivity index (χ4n) is 1.33. The summed E-state index contributed by atoms with van der Waals surface area (Å²) >= 11 is 0. The third-order valence-electron chi connectivity index (χ3n) is 2.25. The quantitative estimate of drug-likeness (QED) is 0.535. The zero-order chi connectivity index (χ0) is 12.1. The molecule has 0 spiro atoms. The molecule has 0 amide bonds. The summed E-state index contributed by atoms with van der Waals surface area (Å²) in [6, 6.07) is 0. The molecular formula is C8H21O5PSi. The van der Waals surface area contributed by atoms with E-state index in [2.05, 4.69) is 0 Å². The van der Waals surface area contributed by atoms with Crippen molar-refractivity contribution in [2.75, 3.05) is 12.9 Å². The molecule has 0 fully saturated rings. The Balaban J connectivity index is 4.49. The van der Waals surface area contributed by atoms with Crippen LogP contribution in [0.5, 0.6) is 0 Å². The highest BCUT2D eigenvalue weighted by Crippen LogP contribution is 2.38. The molecule has 0 aromatic carbocycles. The van der Waals surface area contributed by atoms with Crippen LogP contribution >= 0.6 is 7.60 Å². The third kappa shape index (κ3) is 6.45. The average Bonchev–Trinajstić information content (AvgIpc) is 2.11. The van der Waals surface area contributed by atoms with Crippen LogP contribution in [0.3, 0.4) is 0 Å². The van der Waals surface area contributed by atoms with Gasteiger partial charge >= 0.3 is 16.2 Å². The van der Waals surface area contributed by atoms with E-state index in [0.29, 0.717) is 0 Å². The SMILES string of the molecule is CCC(CC)O[Si](C)(CP(=O)(O)O)OC. The van der Waals surface area contributed by atoms with Crippen LogP contribution in [0.2, 0.25) is 6.55 Å². The van der Waals surface area contributed by atoms with Gasteiger partial charge in [0.2, 0.25) is 0 Å². The largest absolute Gasteiger partial charge is 0.397 e. The molecule has 7 heteroatoms. The lowest BCUT2D eigenvalue weighted by molar-refractivity contribution is 0.128. The lowest BCUT2D eigenvalue weighted by Gasteiger charge is -2.29. The molecule has 0 saturated heterocycles. The summed E-state index contributed by atoms with van der Waals surface area (Å²) in [5, 5.41) is 0. The molecule has 2 N–H and O–H groups in total. The lowest BCUT2D eigenvalue weighted by Crippen LogP contribution is -2.45. The van der Waals surface area contributed by atoms with E-state index in [1.807, 2.05) is 13.8 Å². The molecular weight excluding hydrogens is 235 g/mol. The summed E-state index contributed by atoms with van der Waals surface area (Å²) in [5.41, 5.74) is 0. The summed E-state index contributed by atoms with van der Waals surface area (Å²) in [4.78, 5) is 17.9. The van der Waals surface area contributed by atoms with Gasteiger partial charge in [-0.05, 0) is 19.4 Å². The number of rotatable bonds is 7. The molecule has 0 aliphatic heterocycles. The first kappa shape index (κ1) is 15.3. The van der Waals surface area contributed by atoms with E-state index in [9.17, 15) is 4.57 Å². The van der Waals surface area contributed by atoms with Gasteiger partial charge in [-0.1, -0.05) is 13.8 Å². The molecule has 1 atom stereocenters. The van der Waals surface area contributed by atoms with Gasteiger partial charge in [0.25, 0.3) is 0 Å². The summed E-state index contributed by atoms with van der Waals surface area (Å²) in [6.07, 6.45) is 1.67. The van der Waals surface area contributed by atoms with E-state index in [4.69, 9.17) is 18.6 Å². The predicted molar refractivity (Wildman–Crippen MR) is 61.0 cm³/mol. The number of hydrogen-bond acceptors (Lipinski definition) is 3. The topological polar surface area (TPSA) is 76.0 Å². The summed E-state index contributed by atoms with van der Waals surface area (Å²) in [5.74, 6) is -0.285. The van der Waals surface area contributed by atoms with E-state index >= 15 is 0 Å². The normalized spacial score (nSPS) is 16.7. The van der Waals surface area contributed by atoms with E-state index < -0.39 is 16.2 Å². The van der Waals surface area contributed by atoms with Gasteiger partial charge in [-0.15, -0.1) is 0 Å². The molecule has 0 aromatic heterocycles. The van der Waals surface area contributed by atoms with Crippen LogP contribution in [-0.2, 0) is 13.4 Å². The summed E-state index contributed by atoms with van der Waals surface area (Å²) in [6.45, 7) is 5.65. The average molecular weight is 256 g/mol. The molecule has 0 bridgehead atoms. The maximum absolute atomic E-state index is 10.9. The van der Waals surface area contributed by atoms with Gasteiger partial charge in [0, 0.05) is 13.2 Å². The van der Waals surface area contributed by atoms with Crippen LogP contribution in [0.1, 0.15) is 26.7 Å². The zero-order valence-electron chi connectivity index (χ0n) is 9.77. The van der Waals surface area contributed by atoms with Crippen molar-refractivity contribution in [3.63, 3.8) is 0 Å². The van der Waals surface area contributed by atoms with Crippen molar-refractivity contribution in [1.82, 2.24) is 0 Å². The lowest BCUT2D eigenvalue weighted by atomic mass is 10.2. The van der Waals surface area contributed by atoms with E-state index in [1.54, 1.807) is 6.55 Å². The maximum Gasteiger partial charge on any atom is 0.347 e. The first-order valence-corrected chi connectivity index (χ1v) is 9.36.